The Morgan fingerprint density at radius 1 is 1.06 bits per heavy atom. The van der Waals surface area contributed by atoms with Gasteiger partial charge in [-0.1, -0.05) is 55.3 Å². The molecule has 2 aromatic carbocycles. The number of halogens is 1. The molecule has 0 aliphatic rings. The summed E-state index contributed by atoms with van der Waals surface area (Å²) in [5.41, 5.74) is 1.37. The highest BCUT2D eigenvalue weighted by Crippen LogP contribution is 2.19. The Morgan fingerprint density at radius 2 is 1.76 bits per heavy atom. The largest absolute Gasteiger partial charge is 0.354 e. The van der Waals surface area contributed by atoms with Crippen LogP contribution in [-0.2, 0) is 26.2 Å². The molecule has 1 unspecified atom stereocenters. The quantitative estimate of drug-likeness (QED) is 0.411. The number of benzene rings is 2. The first-order valence-corrected chi connectivity index (χ1v) is 13.7. The van der Waals surface area contributed by atoms with E-state index >= 15 is 0 Å². The molecule has 2 aromatic rings. The zero-order chi connectivity index (χ0) is 25.1. The summed E-state index contributed by atoms with van der Waals surface area (Å²) in [6.45, 7) is 4.70. The zero-order valence-electron chi connectivity index (χ0n) is 20.0. The third kappa shape index (κ3) is 8.65. The third-order valence-corrected chi connectivity index (χ3v) is 6.86. The molecule has 1 atom stereocenters. The van der Waals surface area contributed by atoms with E-state index in [1.54, 1.807) is 49.4 Å². The molecule has 1 N–H and O–H groups in total. The lowest BCUT2D eigenvalue weighted by Gasteiger charge is -2.29. The molecule has 34 heavy (non-hydrogen) atoms. The van der Waals surface area contributed by atoms with E-state index < -0.39 is 16.1 Å². The number of para-hydroxylation sites is 1. The maximum atomic E-state index is 13.2. The van der Waals surface area contributed by atoms with Gasteiger partial charge in [-0.25, -0.2) is 8.42 Å². The molecule has 0 aliphatic heterocycles. The summed E-state index contributed by atoms with van der Waals surface area (Å²) in [7, 11) is -3.50. The fourth-order valence-electron chi connectivity index (χ4n) is 3.55. The number of amides is 2. The molecular weight excluding hydrogens is 474 g/mol. The Balaban J connectivity index is 2.12. The number of hydrogen-bond acceptors (Lipinski definition) is 4. The van der Waals surface area contributed by atoms with Crippen molar-refractivity contribution in [1.82, 2.24) is 10.2 Å². The highest BCUT2D eigenvalue weighted by molar-refractivity contribution is 7.92. The molecule has 0 aromatic heterocycles. The lowest BCUT2D eigenvalue weighted by Crippen LogP contribution is -2.48. The highest BCUT2D eigenvalue weighted by Gasteiger charge is 2.26. The van der Waals surface area contributed by atoms with Gasteiger partial charge in [0.25, 0.3) is 0 Å². The first-order valence-electron chi connectivity index (χ1n) is 11.5. The van der Waals surface area contributed by atoms with Crippen molar-refractivity contribution < 1.29 is 18.0 Å². The minimum Gasteiger partial charge on any atom is -0.354 e. The molecule has 0 spiro atoms. The van der Waals surface area contributed by atoms with Gasteiger partial charge in [-0.3, -0.25) is 13.9 Å². The van der Waals surface area contributed by atoms with Crippen LogP contribution >= 0.6 is 11.6 Å². The number of carbonyl (C=O) groups is 2. The summed E-state index contributed by atoms with van der Waals surface area (Å²) in [6.07, 6.45) is 3.39. The standard InChI is InChI=1S/C25H34ClN3O4S/c1-4-5-16-27-25(31)20(2)28(19-21-11-9-12-22(26)18-21)24(30)15-10-17-29(34(3,32)33)23-13-7-6-8-14-23/h6-9,11-14,18,20H,4-5,10,15-17,19H2,1-3H3,(H,27,31). The lowest BCUT2D eigenvalue weighted by molar-refractivity contribution is -0.140. The Kier molecular flexibility index (Phi) is 10.9. The van der Waals surface area contributed by atoms with Gasteiger partial charge < -0.3 is 10.2 Å². The van der Waals surface area contributed by atoms with Gasteiger partial charge in [-0.15, -0.1) is 0 Å². The fourth-order valence-corrected chi connectivity index (χ4v) is 4.73. The molecule has 0 fully saturated rings. The van der Waals surface area contributed by atoms with Crippen LogP contribution in [0.1, 0.15) is 45.1 Å². The van der Waals surface area contributed by atoms with E-state index in [1.165, 1.54) is 9.21 Å². The van der Waals surface area contributed by atoms with Gasteiger partial charge in [0.05, 0.1) is 11.9 Å². The van der Waals surface area contributed by atoms with Crippen LogP contribution in [0, 0.1) is 0 Å². The molecule has 0 radical (unpaired) electrons. The number of carbonyl (C=O) groups excluding carboxylic acids is 2. The van der Waals surface area contributed by atoms with Crippen molar-refractivity contribution >= 4 is 39.1 Å². The predicted molar refractivity (Wildman–Crippen MR) is 137 cm³/mol. The first kappa shape index (κ1) is 27.7. The van der Waals surface area contributed by atoms with Gasteiger partial charge in [0.1, 0.15) is 6.04 Å². The summed E-state index contributed by atoms with van der Waals surface area (Å²) in [4.78, 5) is 27.4. The van der Waals surface area contributed by atoms with Gasteiger partial charge in [0.2, 0.25) is 21.8 Å². The second-order valence-electron chi connectivity index (χ2n) is 8.25. The van der Waals surface area contributed by atoms with Gasteiger partial charge in [-0.2, -0.15) is 0 Å². The van der Waals surface area contributed by atoms with E-state index in [0.29, 0.717) is 23.7 Å². The molecule has 0 saturated heterocycles. The smallest absolute Gasteiger partial charge is 0.242 e. The second kappa shape index (κ2) is 13.3. The minimum absolute atomic E-state index is 0.103. The Bertz CT molecular complexity index is 1050. The molecule has 9 heteroatoms. The van der Waals surface area contributed by atoms with Crippen LogP contribution in [0.2, 0.25) is 5.02 Å². The van der Waals surface area contributed by atoms with Crippen LogP contribution < -0.4 is 9.62 Å². The van der Waals surface area contributed by atoms with Crippen LogP contribution in [0.4, 0.5) is 5.69 Å². The van der Waals surface area contributed by atoms with E-state index in [-0.39, 0.29) is 31.3 Å². The third-order valence-electron chi connectivity index (χ3n) is 5.44. The maximum absolute atomic E-state index is 13.2. The fraction of sp³-hybridized carbons (Fsp3) is 0.440. The molecule has 0 bridgehead atoms. The number of rotatable bonds is 13. The summed E-state index contributed by atoms with van der Waals surface area (Å²) in [5.74, 6) is -0.439. The van der Waals surface area contributed by atoms with E-state index in [4.69, 9.17) is 11.6 Å². The molecule has 0 aliphatic carbocycles. The van der Waals surface area contributed by atoms with Crippen molar-refractivity contribution in [2.24, 2.45) is 0 Å². The molecular formula is C25H34ClN3O4S. The van der Waals surface area contributed by atoms with Crippen molar-refractivity contribution in [1.29, 1.82) is 0 Å². The minimum atomic E-state index is -3.50. The van der Waals surface area contributed by atoms with Crippen LogP contribution in [0.5, 0.6) is 0 Å². The highest BCUT2D eigenvalue weighted by atomic mass is 35.5. The molecule has 186 valence electrons. The Labute approximate surface area is 208 Å². The van der Waals surface area contributed by atoms with Gasteiger partial charge >= 0.3 is 0 Å². The number of nitrogens with one attached hydrogen (secondary N) is 1. The van der Waals surface area contributed by atoms with Crippen LogP contribution in [-0.4, -0.2) is 50.5 Å². The monoisotopic (exact) mass is 507 g/mol. The summed E-state index contributed by atoms with van der Waals surface area (Å²) in [5, 5.41) is 3.44. The van der Waals surface area contributed by atoms with Crippen LogP contribution in [0.15, 0.2) is 54.6 Å². The van der Waals surface area contributed by atoms with Crippen molar-refractivity contribution in [2.45, 2.75) is 52.1 Å². The van der Waals surface area contributed by atoms with E-state index in [9.17, 15) is 18.0 Å². The lowest BCUT2D eigenvalue weighted by atomic mass is 10.1. The van der Waals surface area contributed by atoms with Gasteiger partial charge in [-0.05, 0) is 49.6 Å². The zero-order valence-corrected chi connectivity index (χ0v) is 21.6. The first-order chi connectivity index (χ1) is 16.1. The maximum Gasteiger partial charge on any atom is 0.242 e. The van der Waals surface area contributed by atoms with Gasteiger partial charge in [0.15, 0.2) is 0 Å². The van der Waals surface area contributed by atoms with Crippen LogP contribution in [0.25, 0.3) is 0 Å². The van der Waals surface area contributed by atoms with Crippen molar-refractivity contribution in [3.05, 3.63) is 65.2 Å². The van der Waals surface area contributed by atoms with E-state index in [2.05, 4.69) is 5.32 Å². The predicted octanol–water partition coefficient (Wildman–Crippen LogP) is 4.22. The number of anilines is 1. The van der Waals surface area contributed by atoms with Crippen molar-refractivity contribution in [3.8, 4) is 0 Å². The van der Waals surface area contributed by atoms with Crippen molar-refractivity contribution in [3.63, 3.8) is 0 Å². The van der Waals surface area contributed by atoms with E-state index in [1.807, 2.05) is 19.1 Å². The molecule has 2 rings (SSSR count). The van der Waals surface area contributed by atoms with Crippen molar-refractivity contribution in [2.75, 3.05) is 23.7 Å². The number of unbranched alkanes of at least 4 members (excludes halogenated alkanes) is 1. The van der Waals surface area contributed by atoms with Gasteiger partial charge in [0, 0.05) is 31.1 Å². The Hall–Kier alpha value is -2.58. The normalized spacial score (nSPS) is 12.1. The molecule has 7 nitrogen and oxygen atoms in total. The summed E-state index contributed by atoms with van der Waals surface area (Å²) < 4.78 is 25.9. The summed E-state index contributed by atoms with van der Waals surface area (Å²) >= 11 is 6.11. The van der Waals surface area contributed by atoms with Crippen LogP contribution in [0.3, 0.4) is 0 Å². The molecule has 2 amide bonds. The number of hydrogen-bond donors (Lipinski definition) is 1. The molecule has 0 saturated carbocycles. The molecule has 0 heterocycles. The number of sulfonamides is 1. The topological polar surface area (TPSA) is 86.8 Å². The average Bonchev–Trinajstić information content (AvgIpc) is 2.79. The SMILES string of the molecule is CCCCNC(=O)C(C)N(Cc1cccc(Cl)c1)C(=O)CCCN(c1ccccc1)S(C)(=O)=O. The summed E-state index contributed by atoms with van der Waals surface area (Å²) in [6, 6.07) is 15.3. The van der Waals surface area contributed by atoms with E-state index in [0.717, 1.165) is 24.7 Å². The average molecular weight is 508 g/mol. The number of nitrogens with zero attached hydrogens (tertiary/aromatic N) is 2. The second-order valence-corrected chi connectivity index (χ2v) is 10.6. The Morgan fingerprint density at radius 3 is 2.38 bits per heavy atom.